The summed E-state index contributed by atoms with van der Waals surface area (Å²) in [6.07, 6.45) is 1.95. The van der Waals surface area contributed by atoms with Gasteiger partial charge in [0.2, 0.25) is 5.91 Å². The Morgan fingerprint density at radius 1 is 1.55 bits per heavy atom. The maximum atomic E-state index is 13.9. The Hall–Kier alpha value is -1.17. The van der Waals surface area contributed by atoms with E-state index in [0.717, 1.165) is 12.8 Å². The van der Waals surface area contributed by atoms with Crippen LogP contribution in [0.4, 0.5) is 4.39 Å². The molecule has 2 fully saturated rings. The van der Waals surface area contributed by atoms with E-state index >= 15 is 0 Å². The van der Waals surface area contributed by atoms with E-state index in [1.165, 1.54) is 12.1 Å². The van der Waals surface area contributed by atoms with Crippen molar-refractivity contribution in [3.63, 3.8) is 0 Å². The van der Waals surface area contributed by atoms with Gasteiger partial charge in [0.1, 0.15) is 5.82 Å². The molecule has 2 aliphatic rings. The lowest BCUT2D eigenvalue weighted by atomic mass is 10.1. The second-order valence-electron chi connectivity index (χ2n) is 5.44. The summed E-state index contributed by atoms with van der Waals surface area (Å²) in [6, 6.07) is 3.99. The number of fused-ring (bicyclic) bond motifs is 1. The monoisotopic (exact) mass is 298 g/mol. The molecule has 1 amide bonds. The Labute approximate surface area is 121 Å². The van der Waals surface area contributed by atoms with Crippen molar-refractivity contribution in [2.24, 2.45) is 5.92 Å². The van der Waals surface area contributed by atoms with E-state index in [4.69, 9.17) is 11.6 Å². The summed E-state index contributed by atoms with van der Waals surface area (Å²) in [4.78, 5) is 12.1. The summed E-state index contributed by atoms with van der Waals surface area (Å²) in [5, 5.41) is 15.3. The summed E-state index contributed by atoms with van der Waals surface area (Å²) < 4.78 is 13.9. The Balaban J connectivity index is 1.70. The smallest absolute Gasteiger partial charge is 0.237 e. The average molecular weight is 299 g/mol. The molecular formula is C14H16ClFN2O2. The highest BCUT2D eigenvalue weighted by Crippen LogP contribution is 2.40. The van der Waals surface area contributed by atoms with Gasteiger partial charge in [-0.1, -0.05) is 23.7 Å². The predicted molar refractivity (Wildman–Crippen MR) is 72.8 cm³/mol. The van der Waals surface area contributed by atoms with Crippen LogP contribution >= 0.6 is 11.6 Å². The molecule has 108 valence electrons. The molecule has 1 saturated carbocycles. The van der Waals surface area contributed by atoms with E-state index in [9.17, 15) is 14.3 Å². The molecule has 4 nitrogen and oxygen atoms in total. The molecular weight excluding hydrogens is 283 g/mol. The molecule has 4 atom stereocenters. The predicted octanol–water partition coefficient (Wildman–Crippen LogP) is 1.38. The topological polar surface area (TPSA) is 61.4 Å². The van der Waals surface area contributed by atoms with Crippen molar-refractivity contribution < 1.29 is 14.3 Å². The number of hydrogen-bond acceptors (Lipinski definition) is 3. The third-order valence-electron chi connectivity index (χ3n) is 4.05. The number of aliphatic hydroxyl groups excluding tert-OH is 1. The number of aliphatic hydroxyl groups is 1. The number of amides is 1. The summed E-state index contributed by atoms with van der Waals surface area (Å²) >= 11 is 5.72. The lowest BCUT2D eigenvalue weighted by molar-refractivity contribution is -0.124. The number of halogens is 2. The summed E-state index contributed by atoms with van der Waals surface area (Å²) in [6.45, 7) is -0.372. The molecule has 1 aliphatic carbocycles. The van der Waals surface area contributed by atoms with Gasteiger partial charge in [0, 0.05) is 11.6 Å². The van der Waals surface area contributed by atoms with Crippen LogP contribution in [-0.2, 0) is 4.79 Å². The maximum absolute atomic E-state index is 13.9. The second-order valence-corrected chi connectivity index (χ2v) is 5.85. The Morgan fingerprint density at radius 2 is 2.35 bits per heavy atom. The fourth-order valence-electron chi connectivity index (χ4n) is 2.81. The molecule has 20 heavy (non-hydrogen) atoms. The van der Waals surface area contributed by atoms with Crippen LogP contribution in [0.1, 0.15) is 24.4 Å². The molecule has 0 aromatic heterocycles. The van der Waals surface area contributed by atoms with Crippen molar-refractivity contribution in [1.29, 1.82) is 0 Å². The first-order valence-electron chi connectivity index (χ1n) is 6.71. The lowest BCUT2D eigenvalue weighted by Crippen LogP contribution is -2.44. The number of carbonyl (C=O) groups excluding carboxylic acids is 1. The SMILES string of the molecule is O=C(NC(CO)c1cccc(Cl)c1F)C1CC2CC2N1. The van der Waals surface area contributed by atoms with E-state index in [0.29, 0.717) is 12.0 Å². The van der Waals surface area contributed by atoms with E-state index in [1.807, 2.05) is 0 Å². The minimum Gasteiger partial charge on any atom is -0.394 e. The van der Waals surface area contributed by atoms with Crippen LogP contribution in [0.25, 0.3) is 0 Å². The summed E-state index contributed by atoms with van der Waals surface area (Å²) in [5.41, 5.74) is 0.205. The highest BCUT2D eigenvalue weighted by molar-refractivity contribution is 6.30. The minimum atomic E-state index is -0.778. The largest absolute Gasteiger partial charge is 0.394 e. The molecule has 1 heterocycles. The first kappa shape index (κ1) is 13.8. The van der Waals surface area contributed by atoms with Crippen LogP contribution in [-0.4, -0.2) is 29.7 Å². The third kappa shape index (κ3) is 2.53. The third-order valence-corrected chi connectivity index (χ3v) is 4.34. The Morgan fingerprint density at radius 3 is 3.00 bits per heavy atom. The van der Waals surface area contributed by atoms with Gasteiger partial charge in [-0.2, -0.15) is 0 Å². The fraction of sp³-hybridized carbons (Fsp3) is 0.500. The Kier molecular flexibility index (Phi) is 3.67. The highest BCUT2D eigenvalue weighted by atomic mass is 35.5. The molecule has 3 rings (SSSR count). The highest BCUT2D eigenvalue weighted by Gasteiger charge is 2.48. The van der Waals surface area contributed by atoms with Crippen molar-refractivity contribution >= 4 is 17.5 Å². The van der Waals surface area contributed by atoms with Gasteiger partial charge in [-0.05, 0) is 24.8 Å². The van der Waals surface area contributed by atoms with Gasteiger partial charge in [0.25, 0.3) is 0 Å². The maximum Gasteiger partial charge on any atom is 0.237 e. The van der Waals surface area contributed by atoms with E-state index in [-0.39, 0.29) is 29.1 Å². The van der Waals surface area contributed by atoms with Crippen LogP contribution < -0.4 is 10.6 Å². The second kappa shape index (κ2) is 5.31. The van der Waals surface area contributed by atoms with Gasteiger partial charge < -0.3 is 15.7 Å². The van der Waals surface area contributed by atoms with Gasteiger partial charge >= 0.3 is 0 Å². The number of hydrogen-bond donors (Lipinski definition) is 3. The molecule has 1 saturated heterocycles. The molecule has 1 aromatic rings. The summed E-state index contributed by atoms with van der Waals surface area (Å²) in [7, 11) is 0. The quantitative estimate of drug-likeness (QED) is 0.787. The normalized spacial score (nSPS) is 28.9. The number of benzene rings is 1. The number of nitrogens with one attached hydrogen (secondary N) is 2. The van der Waals surface area contributed by atoms with Gasteiger partial charge in [0.05, 0.1) is 23.7 Å². The molecule has 1 aliphatic heterocycles. The lowest BCUT2D eigenvalue weighted by Gasteiger charge is -2.21. The van der Waals surface area contributed by atoms with Crippen LogP contribution in [0.2, 0.25) is 5.02 Å². The minimum absolute atomic E-state index is 0.0181. The molecule has 6 heteroatoms. The first-order valence-corrected chi connectivity index (χ1v) is 7.09. The van der Waals surface area contributed by atoms with Gasteiger partial charge in [0.15, 0.2) is 0 Å². The fourth-order valence-corrected chi connectivity index (χ4v) is 2.99. The van der Waals surface area contributed by atoms with Crippen LogP contribution in [0, 0.1) is 11.7 Å². The molecule has 0 spiro atoms. The number of rotatable bonds is 4. The zero-order valence-electron chi connectivity index (χ0n) is 10.8. The zero-order valence-corrected chi connectivity index (χ0v) is 11.5. The average Bonchev–Trinajstić information content (AvgIpc) is 3.05. The molecule has 1 aromatic carbocycles. The molecule has 4 unspecified atom stereocenters. The van der Waals surface area contributed by atoms with Gasteiger partial charge in [-0.25, -0.2) is 4.39 Å². The standard InChI is InChI=1S/C14H16ClFN2O2/c15-9-3-1-2-8(13(9)16)12(6-19)18-14(20)11-5-7-4-10(7)17-11/h1-3,7,10-12,17,19H,4-6H2,(H,18,20). The van der Waals surface area contributed by atoms with E-state index in [1.54, 1.807) is 6.07 Å². The van der Waals surface area contributed by atoms with Crippen molar-refractivity contribution in [3.8, 4) is 0 Å². The number of carbonyl (C=O) groups is 1. The van der Waals surface area contributed by atoms with Crippen molar-refractivity contribution in [2.75, 3.05) is 6.61 Å². The van der Waals surface area contributed by atoms with Crippen molar-refractivity contribution in [1.82, 2.24) is 10.6 Å². The Bertz CT molecular complexity index is 530. The van der Waals surface area contributed by atoms with Gasteiger partial charge in [-0.15, -0.1) is 0 Å². The van der Waals surface area contributed by atoms with Crippen molar-refractivity contribution in [2.45, 2.75) is 31.0 Å². The van der Waals surface area contributed by atoms with Crippen LogP contribution in [0.15, 0.2) is 18.2 Å². The molecule has 0 radical (unpaired) electrons. The van der Waals surface area contributed by atoms with Crippen LogP contribution in [0.3, 0.4) is 0 Å². The zero-order chi connectivity index (χ0) is 14.3. The summed E-state index contributed by atoms with van der Waals surface area (Å²) in [5.74, 6) is -0.201. The molecule has 0 bridgehead atoms. The first-order chi connectivity index (χ1) is 9.60. The number of piperidine rings is 1. The molecule has 3 N–H and O–H groups in total. The van der Waals surface area contributed by atoms with Crippen molar-refractivity contribution in [3.05, 3.63) is 34.6 Å². The van der Waals surface area contributed by atoms with Crippen LogP contribution in [0.5, 0.6) is 0 Å². The van der Waals surface area contributed by atoms with E-state index < -0.39 is 11.9 Å². The van der Waals surface area contributed by atoms with E-state index in [2.05, 4.69) is 10.6 Å². The van der Waals surface area contributed by atoms with Gasteiger partial charge in [-0.3, -0.25) is 4.79 Å².